The zero-order valence-corrected chi connectivity index (χ0v) is 21.9. The summed E-state index contributed by atoms with van der Waals surface area (Å²) in [6.07, 6.45) is 0. The molecule has 1 heterocycles. The Morgan fingerprint density at radius 2 is 1.82 bits per heavy atom. The number of rotatable bonds is 10. The molecule has 2 N–H and O–H groups in total. The molecular formula is C23H29Cl2N3O5S. The molecule has 2 aromatic rings. The standard InChI is InChI=1S/C23H29Cl2N3O5S/c1-5-34(30,31)27-16-11-28(12-16)13-22(29)26-15-8-19(24)23(20(25)9-15)33-17-6-7-21(32-4)18(10-17)14(2)3/h6-10,14,16,27H,5,11-13H2,1-4H3,(H,26,29). The van der Waals surface area contributed by atoms with Crippen molar-refractivity contribution in [3.8, 4) is 17.2 Å². The monoisotopic (exact) mass is 529 g/mol. The Bertz CT molecular complexity index is 1130. The topological polar surface area (TPSA) is 97.0 Å². The Kier molecular flexibility index (Phi) is 8.70. The summed E-state index contributed by atoms with van der Waals surface area (Å²) in [5.41, 5.74) is 1.43. The number of ether oxygens (including phenoxy) is 2. The van der Waals surface area contributed by atoms with Crippen molar-refractivity contribution in [3.05, 3.63) is 45.9 Å². The minimum atomic E-state index is -3.25. The number of nitrogens with zero attached hydrogens (tertiary/aromatic N) is 1. The fourth-order valence-corrected chi connectivity index (χ4v) is 4.98. The predicted molar refractivity (Wildman–Crippen MR) is 135 cm³/mol. The summed E-state index contributed by atoms with van der Waals surface area (Å²) < 4.78 is 37.2. The predicted octanol–water partition coefficient (Wildman–Crippen LogP) is 4.48. The SMILES string of the molecule is CCS(=O)(=O)NC1CN(CC(=O)Nc2cc(Cl)c(Oc3ccc(OC)c(C(C)C)c3)c(Cl)c2)C1. The maximum atomic E-state index is 12.4. The first-order chi connectivity index (χ1) is 16.0. The summed E-state index contributed by atoms with van der Waals surface area (Å²) in [4.78, 5) is 14.2. The summed E-state index contributed by atoms with van der Waals surface area (Å²) in [6, 6.07) is 8.45. The van der Waals surface area contributed by atoms with E-state index in [1.807, 2.05) is 17.0 Å². The van der Waals surface area contributed by atoms with Gasteiger partial charge < -0.3 is 14.8 Å². The van der Waals surface area contributed by atoms with Crippen molar-refractivity contribution in [2.45, 2.75) is 32.7 Å². The molecule has 1 amide bonds. The lowest BCUT2D eigenvalue weighted by Crippen LogP contribution is -2.60. The summed E-state index contributed by atoms with van der Waals surface area (Å²) >= 11 is 12.8. The lowest BCUT2D eigenvalue weighted by atomic mass is 10.0. The van der Waals surface area contributed by atoms with Crippen LogP contribution in [0.5, 0.6) is 17.2 Å². The van der Waals surface area contributed by atoms with E-state index in [0.717, 1.165) is 11.3 Å². The maximum absolute atomic E-state index is 12.4. The van der Waals surface area contributed by atoms with E-state index in [1.54, 1.807) is 32.2 Å². The third kappa shape index (κ3) is 6.76. The third-order valence-electron chi connectivity index (χ3n) is 5.38. The highest BCUT2D eigenvalue weighted by Gasteiger charge is 2.30. The molecule has 0 bridgehead atoms. The van der Waals surface area contributed by atoms with Gasteiger partial charge in [0, 0.05) is 30.4 Å². The van der Waals surface area contributed by atoms with Crippen molar-refractivity contribution >= 4 is 44.8 Å². The van der Waals surface area contributed by atoms with E-state index in [2.05, 4.69) is 23.9 Å². The first-order valence-electron chi connectivity index (χ1n) is 10.9. The number of anilines is 1. The van der Waals surface area contributed by atoms with Gasteiger partial charge in [-0.2, -0.15) is 0 Å². The van der Waals surface area contributed by atoms with Crippen molar-refractivity contribution in [3.63, 3.8) is 0 Å². The Balaban J connectivity index is 1.60. The molecule has 8 nitrogen and oxygen atoms in total. The number of nitrogens with one attached hydrogen (secondary N) is 2. The molecule has 186 valence electrons. The van der Waals surface area contributed by atoms with E-state index in [-0.39, 0.29) is 46.0 Å². The second kappa shape index (κ2) is 11.1. The molecule has 3 rings (SSSR count). The molecule has 1 saturated heterocycles. The summed E-state index contributed by atoms with van der Waals surface area (Å²) in [7, 11) is -1.63. The van der Waals surface area contributed by atoms with Gasteiger partial charge in [-0.15, -0.1) is 0 Å². The van der Waals surface area contributed by atoms with Gasteiger partial charge in [-0.25, -0.2) is 13.1 Å². The van der Waals surface area contributed by atoms with Gasteiger partial charge in [0.25, 0.3) is 0 Å². The Labute approximate surface area is 210 Å². The number of halogens is 2. The van der Waals surface area contributed by atoms with Crippen molar-refractivity contribution in [2.75, 3.05) is 37.8 Å². The van der Waals surface area contributed by atoms with Gasteiger partial charge in [-0.1, -0.05) is 37.0 Å². The van der Waals surface area contributed by atoms with E-state index in [9.17, 15) is 13.2 Å². The van der Waals surface area contributed by atoms with Crippen molar-refractivity contribution in [1.29, 1.82) is 0 Å². The fraction of sp³-hybridized carbons (Fsp3) is 0.435. The summed E-state index contributed by atoms with van der Waals surface area (Å²) in [6.45, 7) is 6.77. The average Bonchev–Trinajstić information content (AvgIpc) is 2.74. The van der Waals surface area contributed by atoms with Gasteiger partial charge in [0.2, 0.25) is 15.9 Å². The lowest BCUT2D eigenvalue weighted by Gasteiger charge is -2.38. The zero-order chi connectivity index (χ0) is 25.0. The van der Waals surface area contributed by atoms with Crippen LogP contribution < -0.4 is 19.5 Å². The van der Waals surface area contributed by atoms with Crippen LogP contribution in [0.4, 0.5) is 5.69 Å². The molecule has 2 aromatic carbocycles. The van der Waals surface area contributed by atoms with Gasteiger partial charge in [0.1, 0.15) is 11.5 Å². The van der Waals surface area contributed by atoms with Crippen LogP contribution in [0, 0.1) is 0 Å². The molecular weight excluding hydrogens is 501 g/mol. The highest BCUT2D eigenvalue weighted by atomic mass is 35.5. The van der Waals surface area contributed by atoms with Gasteiger partial charge in [0.05, 0.1) is 29.5 Å². The summed E-state index contributed by atoms with van der Waals surface area (Å²) in [5.74, 6) is 1.63. The van der Waals surface area contributed by atoms with E-state index in [4.69, 9.17) is 32.7 Å². The van der Waals surface area contributed by atoms with E-state index < -0.39 is 10.0 Å². The Hall–Kier alpha value is -2.04. The van der Waals surface area contributed by atoms with Crippen LogP contribution in [-0.4, -0.2) is 57.8 Å². The molecule has 0 aromatic heterocycles. The number of carbonyl (C=O) groups excluding carboxylic acids is 1. The summed E-state index contributed by atoms with van der Waals surface area (Å²) in [5, 5.41) is 3.27. The molecule has 0 saturated carbocycles. The van der Waals surface area contributed by atoms with Crippen LogP contribution in [0.2, 0.25) is 10.0 Å². The number of carbonyl (C=O) groups is 1. The average molecular weight is 530 g/mol. The maximum Gasteiger partial charge on any atom is 0.238 e. The van der Waals surface area contributed by atoms with Crippen LogP contribution in [0.1, 0.15) is 32.3 Å². The highest BCUT2D eigenvalue weighted by Crippen LogP contribution is 2.40. The quantitative estimate of drug-likeness (QED) is 0.470. The molecule has 1 aliphatic rings. The highest BCUT2D eigenvalue weighted by molar-refractivity contribution is 7.89. The van der Waals surface area contributed by atoms with Crippen molar-refractivity contribution < 1.29 is 22.7 Å². The number of hydrogen-bond acceptors (Lipinski definition) is 6. The van der Waals surface area contributed by atoms with E-state index in [0.29, 0.717) is 24.5 Å². The number of methoxy groups -OCH3 is 1. The molecule has 11 heteroatoms. The van der Waals surface area contributed by atoms with Gasteiger partial charge >= 0.3 is 0 Å². The zero-order valence-electron chi connectivity index (χ0n) is 19.5. The molecule has 0 spiro atoms. The van der Waals surface area contributed by atoms with Crippen LogP contribution in [0.15, 0.2) is 30.3 Å². The van der Waals surface area contributed by atoms with E-state index >= 15 is 0 Å². The van der Waals surface area contributed by atoms with Crippen LogP contribution in [-0.2, 0) is 14.8 Å². The number of benzene rings is 2. The number of amides is 1. The molecule has 0 atom stereocenters. The van der Waals surface area contributed by atoms with Gasteiger partial charge in [0.15, 0.2) is 5.75 Å². The molecule has 0 radical (unpaired) electrons. The normalized spacial score (nSPS) is 14.7. The van der Waals surface area contributed by atoms with Crippen molar-refractivity contribution in [1.82, 2.24) is 9.62 Å². The second-order valence-corrected chi connectivity index (χ2v) is 11.2. The van der Waals surface area contributed by atoms with Crippen molar-refractivity contribution in [2.24, 2.45) is 0 Å². The molecule has 1 fully saturated rings. The van der Waals surface area contributed by atoms with E-state index in [1.165, 1.54) is 0 Å². The van der Waals surface area contributed by atoms with Crippen LogP contribution in [0.3, 0.4) is 0 Å². The fourth-order valence-electron chi connectivity index (χ4n) is 3.59. The minimum Gasteiger partial charge on any atom is -0.496 e. The number of sulfonamides is 1. The molecule has 0 aliphatic carbocycles. The second-order valence-electron chi connectivity index (χ2n) is 8.39. The molecule has 34 heavy (non-hydrogen) atoms. The Morgan fingerprint density at radius 3 is 2.38 bits per heavy atom. The largest absolute Gasteiger partial charge is 0.496 e. The first kappa shape index (κ1) is 26.6. The number of hydrogen-bond donors (Lipinski definition) is 2. The van der Waals surface area contributed by atoms with Crippen LogP contribution in [0.25, 0.3) is 0 Å². The number of likely N-dealkylation sites (tertiary alicyclic amines) is 1. The van der Waals surface area contributed by atoms with Gasteiger partial charge in [-0.3, -0.25) is 9.69 Å². The molecule has 1 aliphatic heterocycles. The third-order valence-corrected chi connectivity index (χ3v) is 7.39. The molecule has 0 unspecified atom stereocenters. The first-order valence-corrected chi connectivity index (χ1v) is 13.3. The lowest BCUT2D eigenvalue weighted by molar-refractivity contribution is -0.118. The van der Waals surface area contributed by atoms with Gasteiger partial charge in [-0.05, 0) is 43.2 Å². The van der Waals surface area contributed by atoms with Crippen LogP contribution >= 0.6 is 23.2 Å². The minimum absolute atomic E-state index is 0.0303. The Morgan fingerprint density at radius 1 is 1.18 bits per heavy atom. The smallest absolute Gasteiger partial charge is 0.238 e.